The summed E-state index contributed by atoms with van der Waals surface area (Å²) in [6, 6.07) is 18.4. The number of carbonyl (C=O) groups is 2. The summed E-state index contributed by atoms with van der Waals surface area (Å²) in [4.78, 5) is 24.4. The van der Waals surface area contributed by atoms with Gasteiger partial charge in [-0.1, -0.05) is 41.4 Å². The van der Waals surface area contributed by atoms with E-state index < -0.39 is 17.6 Å². The SMILES string of the molecule is N#CC(=Cc1ccc(OCC(=O)Nc2ccc(F)cc2)c(Cl)c1)C(=O)Nc1ccccc1Cl. The molecule has 3 aromatic rings. The van der Waals surface area contributed by atoms with Crippen molar-refractivity contribution in [3.05, 3.63) is 93.7 Å². The number of ether oxygens (including phenoxy) is 1. The number of nitrogens with zero attached hydrogens (tertiary/aromatic N) is 1. The number of para-hydroxylation sites is 1. The molecule has 0 spiro atoms. The number of hydrogen-bond acceptors (Lipinski definition) is 4. The predicted molar refractivity (Wildman–Crippen MR) is 126 cm³/mol. The summed E-state index contributed by atoms with van der Waals surface area (Å²) in [6.45, 7) is -0.323. The third kappa shape index (κ3) is 6.81. The minimum absolute atomic E-state index is 0.154. The summed E-state index contributed by atoms with van der Waals surface area (Å²) in [7, 11) is 0. The van der Waals surface area contributed by atoms with E-state index in [4.69, 9.17) is 27.9 Å². The Bertz CT molecular complexity index is 1250. The smallest absolute Gasteiger partial charge is 0.266 e. The van der Waals surface area contributed by atoms with Crippen LogP contribution in [0.3, 0.4) is 0 Å². The molecule has 2 amide bonds. The quantitative estimate of drug-likeness (QED) is 0.333. The van der Waals surface area contributed by atoms with Crippen LogP contribution in [-0.2, 0) is 9.59 Å². The van der Waals surface area contributed by atoms with Gasteiger partial charge in [-0.05, 0) is 60.2 Å². The van der Waals surface area contributed by atoms with Gasteiger partial charge in [0, 0.05) is 5.69 Å². The normalized spacial score (nSPS) is 10.8. The van der Waals surface area contributed by atoms with E-state index in [2.05, 4.69) is 10.6 Å². The molecule has 0 aromatic heterocycles. The van der Waals surface area contributed by atoms with Crippen molar-refractivity contribution >= 4 is 52.5 Å². The second kappa shape index (κ2) is 11.1. The standard InChI is InChI=1S/C24H16Cl2FN3O3/c25-19-3-1-2-4-21(19)30-24(32)16(13-28)11-15-5-10-22(20(26)12-15)33-14-23(31)29-18-8-6-17(27)7-9-18/h1-12H,14H2,(H,29,31)(H,30,32). The van der Waals surface area contributed by atoms with Gasteiger partial charge in [0.05, 0.1) is 15.7 Å². The van der Waals surface area contributed by atoms with Crippen molar-refractivity contribution in [3.63, 3.8) is 0 Å². The third-order valence-electron chi connectivity index (χ3n) is 4.24. The van der Waals surface area contributed by atoms with Crippen LogP contribution in [0.4, 0.5) is 15.8 Å². The molecule has 3 rings (SSSR count). The van der Waals surface area contributed by atoms with E-state index in [9.17, 15) is 19.2 Å². The lowest BCUT2D eigenvalue weighted by atomic mass is 10.1. The van der Waals surface area contributed by atoms with Crippen molar-refractivity contribution in [3.8, 4) is 11.8 Å². The van der Waals surface area contributed by atoms with E-state index in [-0.39, 0.29) is 23.0 Å². The van der Waals surface area contributed by atoms with Crippen molar-refractivity contribution in [2.24, 2.45) is 0 Å². The van der Waals surface area contributed by atoms with Crippen LogP contribution in [0, 0.1) is 17.1 Å². The molecular weight excluding hydrogens is 468 g/mol. The van der Waals surface area contributed by atoms with E-state index in [0.29, 0.717) is 22.0 Å². The average molecular weight is 484 g/mol. The van der Waals surface area contributed by atoms with Crippen LogP contribution >= 0.6 is 23.2 Å². The zero-order valence-electron chi connectivity index (χ0n) is 16.9. The first-order valence-electron chi connectivity index (χ1n) is 9.51. The second-order valence-electron chi connectivity index (χ2n) is 6.64. The molecule has 6 nitrogen and oxygen atoms in total. The summed E-state index contributed by atoms with van der Waals surface area (Å²) in [6.07, 6.45) is 1.36. The van der Waals surface area contributed by atoms with Crippen LogP contribution in [-0.4, -0.2) is 18.4 Å². The van der Waals surface area contributed by atoms with Gasteiger partial charge in [0.15, 0.2) is 6.61 Å². The molecule has 2 N–H and O–H groups in total. The van der Waals surface area contributed by atoms with Gasteiger partial charge in [-0.25, -0.2) is 4.39 Å². The summed E-state index contributed by atoms with van der Waals surface area (Å²) in [5, 5.41) is 15.0. The van der Waals surface area contributed by atoms with Crippen LogP contribution in [0.15, 0.2) is 72.3 Å². The van der Waals surface area contributed by atoms with Crippen molar-refractivity contribution in [1.29, 1.82) is 5.26 Å². The van der Waals surface area contributed by atoms with Crippen LogP contribution in [0.25, 0.3) is 6.08 Å². The van der Waals surface area contributed by atoms with Crippen LogP contribution in [0.1, 0.15) is 5.56 Å². The molecule has 0 bridgehead atoms. The molecule has 0 aliphatic rings. The van der Waals surface area contributed by atoms with E-state index in [1.807, 2.05) is 6.07 Å². The first-order chi connectivity index (χ1) is 15.9. The van der Waals surface area contributed by atoms with E-state index >= 15 is 0 Å². The van der Waals surface area contributed by atoms with Crippen LogP contribution in [0.2, 0.25) is 10.0 Å². The van der Waals surface area contributed by atoms with Gasteiger partial charge >= 0.3 is 0 Å². The monoisotopic (exact) mass is 483 g/mol. The lowest BCUT2D eigenvalue weighted by Crippen LogP contribution is -2.20. The summed E-state index contributed by atoms with van der Waals surface area (Å²) in [5.74, 6) is -1.25. The average Bonchev–Trinajstić information content (AvgIpc) is 2.80. The van der Waals surface area contributed by atoms with Gasteiger partial charge in [0.25, 0.3) is 11.8 Å². The van der Waals surface area contributed by atoms with Gasteiger partial charge in [-0.2, -0.15) is 5.26 Å². The molecule has 3 aromatic carbocycles. The minimum Gasteiger partial charge on any atom is -0.482 e. The molecule has 0 fully saturated rings. The number of benzene rings is 3. The summed E-state index contributed by atoms with van der Waals surface area (Å²) in [5.41, 5.74) is 1.13. The molecule has 0 aliphatic carbocycles. The number of carbonyl (C=O) groups excluding carboxylic acids is 2. The molecule has 33 heavy (non-hydrogen) atoms. The maximum absolute atomic E-state index is 12.9. The first kappa shape index (κ1) is 23.8. The van der Waals surface area contributed by atoms with Crippen molar-refractivity contribution in [2.75, 3.05) is 17.2 Å². The Kier molecular flexibility index (Phi) is 8.03. The van der Waals surface area contributed by atoms with Crippen molar-refractivity contribution in [1.82, 2.24) is 0 Å². The topological polar surface area (TPSA) is 91.2 Å². The fraction of sp³-hybridized carbons (Fsp3) is 0.0417. The highest BCUT2D eigenvalue weighted by Gasteiger charge is 2.12. The Morgan fingerprint density at radius 1 is 1.00 bits per heavy atom. The Morgan fingerprint density at radius 3 is 2.39 bits per heavy atom. The number of hydrogen-bond donors (Lipinski definition) is 2. The highest BCUT2D eigenvalue weighted by atomic mass is 35.5. The van der Waals surface area contributed by atoms with Gasteiger partial charge in [0.1, 0.15) is 23.2 Å². The fourth-order valence-corrected chi connectivity index (χ4v) is 3.09. The number of nitrogens with one attached hydrogen (secondary N) is 2. The summed E-state index contributed by atoms with van der Waals surface area (Å²) < 4.78 is 18.4. The number of halogens is 3. The molecule has 9 heteroatoms. The highest BCUT2D eigenvalue weighted by Crippen LogP contribution is 2.27. The third-order valence-corrected chi connectivity index (χ3v) is 4.87. The first-order valence-corrected chi connectivity index (χ1v) is 10.3. The van der Waals surface area contributed by atoms with E-state index in [0.717, 1.165) is 0 Å². The molecule has 166 valence electrons. The summed E-state index contributed by atoms with van der Waals surface area (Å²) >= 11 is 12.2. The maximum Gasteiger partial charge on any atom is 0.266 e. The Labute approximate surface area is 199 Å². The lowest BCUT2D eigenvalue weighted by molar-refractivity contribution is -0.118. The molecule has 0 radical (unpaired) electrons. The van der Waals surface area contributed by atoms with Gasteiger partial charge < -0.3 is 15.4 Å². The maximum atomic E-state index is 12.9. The number of rotatable bonds is 7. The molecule has 0 heterocycles. The fourth-order valence-electron chi connectivity index (χ4n) is 2.67. The largest absolute Gasteiger partial charge is 0.482 e. The van der Waals surface area contributed by atoms with Gasteiger partial charge in [0.2, 0.25) is 0 Å². The van der Waals surface area contributed by atoms with E-state index in [1.165, 1.54) is 42.5 Å². The Balaban J connectivity index is 1.63. The molecule has 0 aliphatic heterocycles. The molecular formula is C24H16Cl2FN3O3. The number of amides is 2. The van der Waals surface area contributed by atoms with Gasteiger partial charge in [-0.3, -0.25) is 9.59 Å². The zero-order chi connectivity index (χ0) is 23.8. The number of nitriles is 1. The molecule has 0 unspecified atom stereocenters. The zero-order valence-corrected chi connectivity index (χ0v) is 18.5. The molecule has 0 saturated carbocycles. The van der Waals surface area contributed by atoms with Crippen LogP contribution in [0.5, 0.6) is 5.75 Å². The molecule has 0 saturated heterocycles. The number of anilines is 2. The second-order valence-corrected chi connectivity index (χ2v) is 7.45. The van der Waals surface area contributed by atoms with E-state index in [1.54, 1.807) is 30.3 Å². The predicted octanol–water partition coefficient (Wildman–Crippen LogP) is 5.70. The highest BCUT2D eigenvalue weighted by molar-refractivity contribution is 6.34. The Hall–Kier alpha value is -3.86. The van der Waals surface area contributed by atoms with Gasteiger partial charge in [-0.15, -0.1) is 0 Å². The lowest BCUT2D eigenvalue weighted by Gasteiger charge is -2.10. The molecule has 0 atom stereocenters. The van der Waals surface area contributed by atoms with Crippen molar-refractivity contribution < 1.29 is 18.7 Å². The minimum atomic E-state index is -0.625. The van der Waals surface area contributed by atoms with Crippen LogP contribution < -0.4 is 15.4 Å². The Morgan fingerprint density at radius 2 is 1.73 bits per heavy atom. The van der Waals surface area contributed by atoms with Crippen molar-refractivity contribution in [2.45, 2.75) is 0 Å².